The first-order chi connectivity index (χ1) is 15.0. The van der Waals surface area contributed by atoms with Gasteiger partial charge in [-0.05, 0) is 59.9 Å². The summed E-state index contributed by atoms with van der Waals surface area (Å²) in [5.41, 5.74) is 4.97. The highest BCUT2D eigenvalue weighted by Gasteiger charge is 2.17. The van der Waals surface area contributed by atoms with Crippen LogP contribution in [0.25, 0.3) is 0 Å². The predicted molar refractivity (Wildman–Crippen MR) is 119 cm³/mol. The first-order valence-corrected chi connectivity index (χ1v) is 11.7. The maximum Gasteiger partial charge on any atom is 0.240 e. The van der Waals surface area contributed by atoms with Gasteiger partial charge in [-0.1, -0.05) is 36.4 Å². The van der Waals surface area contributed by atoms with E-state index in [1.165, 1.54) is 30.4 Å². The van der Waals surface area contributed by atoms with E-state index < -0.39 is 15.8 Å². The van der Waals surface area contributed by atoms with E-state index in [-0.39, 0.29) is 17.2 Å². The zero-order chi connectivity index (χ0) is 21.8. The molecule has 0 aliphatic carbocycles. The van der Waals surface area contributed by atoms with Crippen molar-refractivity contribution in [1.29, 1.82) is 0 Å². The lowest BCUT2D eigenvalue weighted by Gasteiger charge is -2.30. The average Bonchev–Trinajstić information content (AvgIpc) is 2.79. The van der Waals surface area contributed by atoms with E-state index in [1.54, 1.807) is 0 Å². The van der Waals surface area contributed by atoms with Crippen LogP contribution in [0.5, 0.6) is 5.75 Å². The lowest BCUT2D eigenvalue weighted by atomic mass is 9.99. The van der Waals surface area contributed by atoms with Gasteiger partial charge in [0, 0.05) is 25.3 Å². The molecule has 0 saturated carbocycles. The smallest absolute Gasteiger partial charge is 0.240 e. The molecule has 3 aromatic rings. The summed E-state index contributed by atoms with van der Waals surface area (Å²) in [6.45, 7) is 2.11. The molecule has 7 heteroatoms. The molecule has 162 valence electrons. The third kappa shape index (κ3) is 4.89. The van der Waals surface area contributed by atoms with Crippen LogP contribution in [-0.4, -0.2) is 28.6 Å². The highest BCUT2D eigenvalue weighted by Crippen LogP contribution is 2.25. The number of halogens is 1. The molecule has 0 fully saturated rings. The molecular weight excluding hydrogens is 415 g/mol. The third-order valence-corrected chi connectivity index (χ3v) is 7.03. The van der Waals surface area contributed by atoms with Crippen molar-refractivity contribution >= 4 is 15.7 Å². The summed E-state index contributed by atoms with van der Waals surface area (Å²) < 4.78 is 46.0. The normalized spacial score (nSPS) is 13.7. The molecule has 4 rings (SSSR count). The maximum atomic E-state index is 13.8. The van der Waals surface area contributed by atoms with Gasteiger partial charge in [0.05, 0.1) is 12.0 Å². The standard InChI is InChI=1S/C24H25FN2O3S/c1-30-24-11-10-22(16-23(24)25)31(28,29)26-14-12-18-6-8-21(9-7-18)27-15-13-19-4-2-3-5-20(19)17-27/h2-11,16,26H,12-15,17H2,1H3. The van der Waals surface area contributed by atoms with Crippen molar-refractivity contribution < 1.29 is 17.5 Å². The molecule has 3 aromatic carbocycles. The van der Waals surface area contributed by atoms with Crippen molar-refractivity contribution in [2.24, 2.45) is 0 Å². The lowest BCUT2D eigenvalue weighted by molar-refractivity contribution is 0.385. The van der Waals surface area contributed by atoms with Crippen LogP contribution < -0.4 is 14.4 Å². The number of hydrogen-bond acceptors (Lipinski definition) is 4. The second-order valence-electron chi connectivity index (χ2n) is 7.55. The minimum Gasteiger partial charge on any atom is -0.494 e. The average molecular weight is 441 g/mol. The molecule has 1 aliphatic rings. The first-order valence-electron chi connectivity index (χ1n) is 10.2. The Kier molecular flexibility index (Phi) is 6.25. The van der Waals surface area contributed by atoms with Crippen molar-refractivity contribution in [2.75, 3.05) is 25.1 Å². The number of fused-ring (bicyclic) bond motifs is 1. The number of sulfonamides is 1. The van der Waals surface area contributed by atoms with E-state index in [9.17, 15) is 12.8 Å². The molecular formula is C24H25FN2O3S. The van der Waals surface area contributed by atoms with Gasteiger partial charge in [0.2, 0.25) is 10.0 Å². The third-order valence-electron chi connectivity index (χ3n) is 5.57. The number of ether oxygens (including phenoxy) is 1. The SMILES string of the molecule is COc1ccc(S(=O)(=O)NCCc2ccc(N3CCc4ccccc4C3)cc2)cc1F. The number of methoxy groups -OCH3 is 1. The van der Waals surface area contributed by atoms with Crippen LogP contribution in [0, 0.1) is 5.82 Å². The van der Waals surface area contributed by atoms with Crippen LogP contribution in [0.3, 0.4) is 0 Å². The fraction of sp³-hybridized carbons (Fsp3) is 0.250. The molecule has 0 radical (unpaired) electrons. The Labute approximate surface area is 182 Å². The van der Waals surface area contributed by atoms with Crippen molar-refractivity contribution in [3.05, 3.63) is 89.2 Å². The summed E-state index contributed by atoms with van der Waals surface area (Å²) in [6, 6.07) is 20.3. The Morgan fingerprint density at radius 1 is 1.03 bits per heavy atom. The van der Waals surface area contributed by atoms with Crippen molar-refractivity contribution in [2.45, 2.75) is 24.3 Å². The molecule has 1 heterocycles. The first kappa shape index (κ1) is 21.3. The monoisotopic (exact) mass is 440 g/mol. The van der Waals surface area contributed by atoms with Crippen LogP contribution in [-0.2, 0) is 29.4 Å². The minimum absolute atomic E-state index is 0.0104. The molecule has 0 saturated heterocycles. The van der Waals surface area contributed by atoms with Crippen LogP contribution >= 0.6 is 0 Å². The predicted octanol–water partition coefficient (Wildman–Crippen LogP) is 3.92. The lowest BCUT2D eigenvalue weighted by Crippen LogP contribution is -2.30. The Hall–Kier alpha value is -2.90. The molecule has 1 N–H and O–H groups in total. The molecule has 0 amide bonds. The largest absolute Gasteiger partial charge is 0.494 e. The summed E-state index contributed by atoms with van der Waals surface area (Å²) in [5.74, 6) is -0.697. The van der Waals surface area contributed by atoms with Gasteiger partial charge in [-0.25, -0.2) is 17.5 Å². The van der Waals surface area contributed by atoms with E-state index in [4.69, 9.17) is 4.74 Å². The Morgan fingerprint density at radius 2 is 1.77 bits per heavy atom. The van der Waals surface area contributed by atoms with E-state index in [0.29, 0.717) is 6.42 Å². The maximum absolute atomic E-state index is 13.8. The number of anilines is 1. The van der Waals surface area contributed by atoms with Crippen molar-refractivity contribution in [1.82, 2.24) is 4.72 Å². The van der Waals surface area contributed by atoms with Crippen molar-refractivity contribution in [3.8, 4) is 5.75 Å². The Bertz CT molecular complexity index is 1160. The van der Waals surface area contributed by atoms with Crippen LogP contribution in [0.2, 0.25) is 0 Å². The summed E-state index contributed by atoms with van der Waals surface area (Å²) in [4.78, 5) is 2.24. The molecule has 0 aromatic heterocycles. The van der Waals surface area contributed by atoms with Crippen LogP contribution in [0.15, 0.2) is 71.6 Å². The van der Waals surface area contributed by atoms with Gasteiger partial charge in [0.25, 0.3) is 0 Å². The van der Waals surface area contributed by atoms with E-state index in [2.05, 4.69) is 46.0 Å². The fourth-order valence-corrected chi connectivity index (χ4v) is 4.86. The number of nitrogens with zero attached hydrogens (tertiary/aromatic N) is 1. The summed E-state index contributed by atoms with van der Waals surface area (Å²) in [5, 5.41) is 0. The molecule has 0 unspecified atom stereocenters. The molecule has 0 spiro atoms. The highest BCUT2D eigenvalue weighted by molar-refractivity contribution is 7.89. The van der Waals surface area contributed by atoms with Gasteiger partial charge in [0.15, 0.2) is 11.6 Å². The zero-order valence-corrected chi connectivity index (χ0v) is 18.2. The topological polar surface area (TPSA) is 58.6 Å². The van der Waals surface area contributed by atoms with Gasteiger partial charge in [0.1, 0.15) is 0 Å². The van der Waals surface area contributed by atoms with Crippen molar-refractivity contribution in [3.63, 3.8) is 0 Å². The molecule has 0 bridgehead atoms. The Morgan fingerprint density at radius 3 is 2.48 bits per heavy atom. The summed E-state index contributed by atoms with van der Waals surface area (Å²) in [7, 11) is -2.45. The van der Waals surface area contributed by atoms with E-state index in [1.807, 2.05) is 12.1 Å². The Balaban J connectivity index is 1.34. The zero-order valence-electron chi connectivity index (χ0n) is 17.3. The highest BCUT2D eigenvalue weighted by atomic mass is 32.2. The van der Waals surface area contributed by atoms with Gasteiger partial charge in [-0.15, -0.1) is 0 Å². The molecule has 5 nitrogen and oxygen atoms in total. The second-order valence-corrected chi connectivity index (χ2v) is 9.32. The number of rotatable bonds is 7. The summed E-state index contributed by atoms with van der Waals surface area (Å²) >= 11 is 0. The van der Waals surface area contributed by atoms with Crippen LogP contribution in [0.4, 0.5) is 10.1 Å². The van der Waals surface area contributed by atoms with Gasteiger partial charge in [-0.2, -0.15) is 0 Å². The number of hydrogen-bond donors (Lipinski definition) is 1. The van der Waals surface area contributed by atoms with Gasteiger partial charge >= 0.3 is 0 Å². The molecule has 1 aliphatic heterocycles. The van der Waals surface area contributed by atoms with Gasteiger partial charge < -0.3 is 9.64 Å². The number of benzene rings is 3. The minimum atomic E-state index is -3.79. The van der Waals surface area contributed by atoms with Crippen LogP contribution in [0.1, 0.15) is 16.7 Å². The second kappa shape index (κ2) is 9.08. The fourth-order valence-electron chi connectivity index (χ4n) is 3.82. The number of nitrogens with one attached hydrogen (secondary N) is 1. The molecule has 31 heavy (non-hydrogen) atoms. The van der Waals surface area contributed by atoms with Gasteiger partial charge in [-0.3, -0.25) is 0 Å². The van der Waals surface area contributed by atoms with E-state index in [0.717, 1.165) is 36.8 Å². The molecule has 0 atom stereocenters. The summed E-state index contributed by atoms with van der Waals surface area (Å²) in [6.07, 6.45) is 1.58. The van der Waals surface area contributed by atoms with E-state index >= 15 is 0 Å². The quantitative estimate of drug-likeness (QED) is 0.605.